The van der Waals surface area contributed by atoms with Crippen molar-refractivity contribution in [1.29, 1.82) is 0 Å². The minimum atomic E-state index is 0. The molecule has 1 aromatic heterocycles. The van der Waals surface area contributed by atoms with Gasteiger partial charge in [0.05, 0.1) is 0 Å². The Bertz CT molecular complexity index is 2390. The molecule has 8 aromatic rings. The van der Waals surface area contributed by atoms with E-state index in [9.17, 15) is 0 Å². The van der Waals surface area contributed by atoms with Crippen molar-refractivity contribution in [2.24, 2.45) is 0 Å². The van der Waals surface area contributed by atoms with Gasteiger partial charge in [-0.2, -0.15) is 0 Å². The van der Waals surface area contributed by atoms with Crippen molar-refractivity contribution < 1.29 is 0 Å². The normalized spacial score (nSPS) is 11.4. The lowest BCUT2D eigenvalue weighted by Gasteiger charge is -2.12. The SMILES string of the molecule is C.c1ccc(-c2nc(-c3ccccc3)nc(-c3cccc(-c4cccc(-c5cccc6c5Cc5c(-c7ccccc7)cccc5-6)c4)c3)n2)cc1. The second-order valence-corrected chi connectivity index (χ2v) is 12.4. The molecule has 0 saturated heterocycles. The molecule has 1 heterocycles. The zero-order chi connectivity index (χ0) is 32.6. The number of hydrogen-bond donors (Lipinski definition) is 0. The van der Waals surface area contributed by atoms with E-state index >= 15 is 0 Å². The monoisotopic (exact) mass is 641 g/mol. The molecule has 0 aliphatic heterocycles. The lowest BCUT2D eigenvalue weighted by molar-refractivity contribution is 1.07. The summed E-state index contributed by atoms with van der Waals surface area (Å²) in [5.74, 6) is 1.97. The fraction of sp³-hybridized carbons (Fsp3) is 0.0426. The first-order valence-corrected chi connectivity index (χ1v) is 16.7. The van der Waals surface area contributed by atoms with Gasteiger partial charge < -0.3 is 0 Å². The van der Waals surface area contributed by atoms with Crippen molar-refractivity contribution in [2.75, 3.05) is 0 Å². The topological polar surface area (TPSA) is 38.7 Å². The molecule has 0 amide bonds. The van der Waals surface area contributed by atoms with Gasteiger partial charge in [-0.1, -0.05) is 171 Å². The van der Waals surface area contributed by atoms with E-state index in [1.165, 1.54) is 44.5 Å². The summed E-state index contributed by atoms with van der Waals surface area (Å²) in [6.07, 6.45) is 0.915. The van der Waals surface area contributed by atoms with Crippen LogP contribution in [0.5, 0.6) is 0 Å². The van der Waals surface area contributed by atoms with E-state index < -0.39 is 0 Å². The molecule has 0 spiro atoms. The number of rotatable bonds is 6. The zero-order valence-corrected chi connectivity index (χ0v) is 26.8. The van der Waals surface area contributed by atoms with Crippen molar-refractivity contribution in [3.63, 3.8) is 0 Å². The van der Waals surface area contributed by atoms with Crippen LogP contribution in [0.15, 0.2) is 176 Å². The van der Waals surface area contributed by atoms with Gasteiger partial charge in [0.25, 0.3) is 0 Å². The Morgan fingerprint density at radius 1 is 0.280 bits per heavy atom. The van der Waals surface area contributed by atoms with Gasteiger partial charge in [0.1, 0.15) is 0 Å². The van der Waals surface area contributed by atoms with Crippen LogP contribution in [-0.2, 0) is 6.42 Å². The van der Waals surface area contributed by atoms with Gasteiger partial charge in [-0.3, -0.25) is 0 Å². The van der Waals surface area contributed by atoms with Gasteiger partial charge in [-0.25, -0.2) is 15.0 Å². The maximum atomic E-state index is 4.97. The molecular weight excluding hydrogens is 607 g/mol. The van der Waals surface area contributed by atoms with Crippen LogP contribution in [0.3, 0.4) is 0 Å². The smallest absolute Gasteiger partial charge is 0.164 e. The highest BCUT2D eigenvalue weighted by Crippen LogP contribution is 2.45. The predicted octanol–water partition coefficient (Wildman–Crippen LogP) is 12.1. The van der Waals surface area contributed by atoms with Crippen LogP contribution in [0.2, 0.25) is 0 Å². The third-order valence-corrected chi connectivity index (χ3v) is 9.41. The van der Waals surface area contributed by atoms with Crippen LogP contribution >= 0.6 is 0 Å². The summed E-state index contributed by atoms with van der Waals surface area (Å²) in [6.45, 7) is 0. The van der Waals surface area contributed by atoms with Crippen LogP contribution in [0.1, 0.15) is 18.6 Å². The van der Waals surface area contributed by atoms with Crippen molar-refractivity contribution in [1.82, 2.24) is 15.0 Å². The second kappa shape index (κ2) is 13.2. The summed E-state index contributed by atoms with van der Waals surface area (Å²) < 4.78 is 0. The fourth-order valence-corrected chi connectivity index (χ4v) is 7.04. The number of fused-ring (bicyclic) bond motifs is 3. The van der Waals surface area contributed by atoms with E-state index in [2.05, 4.69) is 115 Å². The number of nitrogens with zero attached hydrogens (tertiary/aromatic N) is 3. The molecule has 3 heteroatoms. The van der Waals surface area contributed by atoms with E-state index in [4.69, 9.17) is 15.0 Å². The van der Waals surface area contributed by atoms with Crippen molar-refractivity contribution in [2.45, 2.75) is 13.8 Å². The van der Waals surface area contributed by atoms with E-state index in [-0.39, 0.29) is 7.43 Å². The van der Waals surface area contributed by atoms with E-state index in [0.29, 0.717) is 17.5 Å². The molecule has 0 fully saturated rings. The molecular formula is C47H35N3. The van der Waals surface area contributed by atoms with Crippen LogP contribution in [0, 0.1) is 0 Å². The molecule has 0 unspecified atom stereocenters. The van der Waals surface area contributed by atoms with Crippen molar-refractivity contribution in [3.8, 4) is 78.7 Å². The summed E-state index contributed by atoms with van der Waals surface area (Å²) in [5.41, 5.74) is 15.7. The Kier molecular flexibility index (Phi) is 8.16. The Balaban J connectivity index is 0.00000361. The summed E-state index contributed by atoms with van der Waals surface area (Å²) in [6, 6.07) is 61.8. The van der Waals surface area contributed by atoms with E-state index in [1.54, 1.807) is 0 Å². The number of aromatic nitrogens is 3. The van der Waals surface area contributed by atoms with Gasteiger partial charge in [0.2, 0.25) is 0 Å². The van der Waals surface area contributed by atoms with Crippen molar-refractivity contribution >= 4 is 0 Å². The van der Waals surface area contributed by atoms with E-state index in [0.717, 1.165) is 34.2 Å². The number of hydrogen-bond acceptors (Lipinski definition) is 3. The zero-order valence-electron chi connectivity index (χ0n) is 26.8. The van der Waals surface area contributed by atoms with Crippen LogP contribution in [0.25, 0.3) is 78.7 Å². The standard InChI is InChI=1S/C46H31N3.CH4/c1-4-14-31(15-5-1)38-24-12-26-40-41-27-13-25-39(43(41)30-42(38)40)36-22-10-20-34(28-36)35-21-11-23-37(29-35)46-48-44(32-16-6-2-7-17-32)47-45(49-46)33-18-8-3-9-19-33;/h1-29H,30H2;1H4. The highest BCUT2D eigenvalue weighted by Gasteiger charge is 2.24. The van der Waals surface area contributed by atoms with Gasteiger partial charge in [-0.05, 0) is 74.2 Å². The summed E-state index contributed by atoms with van der Waals surface area (Å²) in [7, 11) is 0. The largest absolute Gasteiger partial charge is 0.208 e. The summed E-state index contributed by atoms with van der Waals surface area (Å²) in [4.78, 5) is 14.8. The highest BCUT2D eigenvalue weighted by atomic mass is 15.0. The quantitative estimate of drug-likeness (QED) is 0.181. The molecule has 1 aliphatic rings. The molecule has 0 saturated carbocycles. The summed E-state index contributed by atoms with van der Waals surface area (Å²) in [5, 5.41) is 0. The molecule has 0 bridgehead atoms. The molecule has 9 rings (SSSR count). The Morgan fingerprint density at radius 2 is 0.620 bits per heavy atom. The van der Waals surface area contributed by atoms with Gasteiger partial charge in [-0.15, -0.1) is 0 Å². The fourth-order valence-electron chi connectivity index (χ4n) is 7.04. The average Bonchev–Trinajstić information content (AvgIpc) is 3.58. The lowest BCUT2D eigenvalue weighted by Crippen LogP contribution is -2.00. The lowest BCUT2D eigenvalue weighted by atomic mass is 9.93. The highest BCUT2D eigenvalue weighted by molar-refractivity contribution is 5.90. The minimum absolute atomic E-state index is 0. The predicted molar refractivity (Wildman–Crippen MR) is 207 cm³/mol. The molecule has 0 N–H and O–H groups in total. The first kappa shape index (κ1) is 30.9. The molecule has 0 radical (unpaired) electrons. The molecule has 238 valence electrons. The second-order valence-electron chi connectivity index (χ2n) is 12.4. The molecule has 50 heavy (non-hydrogen) atoms. The molecule has 7 aromatic carbocycles. The molecule has 3 nitrogen and oxygen atoms in total. The first-order chi connectivity index (χ1) is 24.3. The molecule has 0 atom stereocenters. The van der Waals surface area contributed by atoms with Gasteiger partial charge in [0.15, 0.2) is 17.5 Å². The van der Waals surface area contributed by atoms with Crippen LogP contribution in [-0.4, -0.2) is 15.0 Å². The maximum Gasteiger partial charge on any atom is 0.164 e. The molecule has 1 aliphatic carbocycles. The Morgan fingerprint density at radius 3 is 1.14 bits per heavy atom. The van der Waals surface area contributed by atoms with Gasteiger partial charge >= 0.3 is 0 Å². The number of benzene rings is 7. The van der Waals surface area contributed by atoms with Crippen LogP contribution in [0.4, 0.5) is 0 Å². The maximum absolute atomic E-state index is 4.97. The van der Waals surface area contributed by atoms with Gasteiger partial charge in [0, 0.05) is 16.7 Å². The van der Waals surface area contributed by atoms with Crippen molar-refractivity contribution in [3.05, 3.63) is 187 Å². The van der Waals surface area contributed by atoms with E-state index in [1.807, 2.05) is 60.7 Å². The third kappa shape index (κ3) is 5.69. The Hall–Kier alpha value is -6.45. The minimum Gasteiger partial charge on any atom is -0.208 e. The Labute approximate surface area is 293 Å². The first-order valence-electron chi connectivity index (χ1n) is 16.7. The van der Waals surface area contributed by atoms with Crippen LogP contribution < -0.4 is 0 Å². The summed E-state index contributed by atoms with van der Waals surface area (Å²) >= 11 is 0. The third-order valence-electron chi connectivity index (χ3n) is 9.41. The average molecular weight is 642 g/mol.